The topological polar surface area (TPSA) is 48.0 Å². The standard InChI is InChI=1S/C21H21NO4S2/c1-5-26-19-16(24-3)10-14(11-17(19)25-4)12-18-20(23)22(21(27)28-18)15-8-6-13(2)7-9-15/h6-12H,5H2,1-4H3/b18-12-. The Morgan fingerprint density at radius 3 is 2.25 bits per heavy atom. The molecule has 0 spiro atoms. The summed E-state index contributed by atoms with van der Waals surface area (Å²) in [5.74, 6) is 1.48. The van der Waals surface area contributed by atoms with Gasteiger partial charge in [0.2, 0.25) is 5.75 Å². The molecule has 146 valence electrons. The van der Waals surface area contributed by atoms with Crippen molar-refractivity contribution in [1.29, 1.82) is 0 Å². The highest BCUT2D eigenvalue weighted by Gasteiger charge is 2.33. The highest BCUT2D eigenvalue weighted by atomic mass is 32.2. The summed E-state index contributed by atoms with van der Waals surface area (Å²) >= 11 is 6.71. The predicted octanol–water partition coefficient (Wildman–Crippen LogP) is 4.82. The van der Waals surface area contributed by atoms with Crippen molar-refractivity contribution in [3.05, 3.63) is 52.4 Å². The van der Waals surface area contributed by atoms with E-state index in [-0.39, 0.29) is 5.91 Å². The van der Waals surface area contributed by atoms with Crippen LogP contribution in [0.2, 0.25) is 0 Å². The van der Waals surface area contributed by atoms with Gasteiger partial charge in [-0.15, -0.1) is 0 Å². The number of anilines is 1. The van der Waals surface area contributed by atoms with Crippen LogP contribution in [0.15, 0.2) is 41.3 Å². The first kappa shape index (κ1) is 20.2. The minimum absolute atomic E-state index is 0.148. The number of carbonyl (C=O) groups excluding carboxylic acids is 1. The quantitative estimate of drug-likeness (QED) is 0.498. The third-order valence-corrected chi connectivity index (χ3v) is 5.46. The van der Waals surface area contributed by atoms with E-state index < -0.39 is 0 Å². The van der Waals surface area contributed by atoms with E-state index in [9.17, 15) is 4.79 Å². The Kier molecular flexibility index (Phi) is 6.26. The fourth-order valence-electron chi connectivity index (χ4n) is 2.81. The van der Waals surface area contributed by atoms with Gasteiger partial charge in [0, 0.05) is 0 Å². The molecule has 1 heterocycles. The molecule has 0 aliphatic carbocycles. The fraction of sp³-hybridized carbons (Fsp3) is 0.238. The predicted molar refractivity (Wildman–Crippen MR) is 118 cm³/mol. The van der Waals surface area contributed by atoms with Gasteiger partial charge in [0.05, 0.1) is 31.4 Å². The van der Waals surface area contributed by atoms with Crippen LogP contribution in [-0.2, 0) is 4.79 Å². The molecule has 2 aromatic carbocycles. The average Bonchev–Trinajstić information content (AvgIpc) is 2.96. The Hall–Kier alpha value is -2.51. The first-order valence-corrected chi connectivity index (χ1v) is 9.94. The summed E-state index contributed by atoms with van der Waals surface area (Å²) in [5, 5.41) is 0. The van der Waals surface area contributed by atoms with Crippen molar-refractivity contribution in [2.75, 3.05) is 25.7 Å². The lowest BCUT2D eigenvalue weighted by Gasteiger charge is -2.15. The molecule has 0 N–H and O–H groups in total. The maximum Gasteiger partial charge on any atom is 0.270 e. The van der Waals surface area contributed by atoms with E-state index in [1.165, 1.54) is 11.8 Å². The number of rotatable bonds is 6. The molecule has 1 fully saturated rings. The molecule has 0 saturated carbocycles. The van der Waals surface area contributed by atoms with Crippen LogP contribution < -0.4 is 19.1 Å². The molecule has 1 amide bonds. The number of hydrogen-bond donors (Lipinski definition) is 0. The summed E-state index contributed by atoms with van der Waals surface area (Å²) in [6, 6.07) is 11.3. The number of amides is 1. The highest BCUT2D eigenvalue weighted by molar-refractivity contribution is 8.27. The molecule has 2 aromatic rings. The Labute approximate surface area is 174 Å². The van der Waals surface area contributed by atoms with Crippen molar-refractivity contribution in [3.8, 4) is 17.2 Å². The fourth-order valence-corrected chi connectivity index (χ4v) is 4.10. The van der Waals surface area contributed by atoms with Crippen LogP contribution in [0, 0.1) is 6.92 Å². The zero-order chi connectivity index (χ0) is 20.3. The molecule has 0 unspecified atom stereocenters. The van der Waals surface area contributed by atoms with Gasteiger partial charge < -0.3 is 14.2 Å². The van der Waals surface area contributed by atoms with Crippen LogP contribution in [0.4, 0.5) is 5.69 Å². The summed E-state index contributed by atoms with van der Waals surface area (Å²) in [6.07, 6.45) is 1.79. The molecule has 7 heteroatoms. The molecule has 1 aliphatic rings. The van der Waals surface area contributed by atoms with Crippen LogP contribution in [0.3, 0.4) is 0 Å². The normalized spacial score (nSPS) is 15.3. The smallest absolute Gasteiger partial charge is 0.270 e. The van der Waals surface area contributed by atoms with Gasteiger partial charge in [0.25, 0.3) is 5.91 Å². The van der Waals surface area contributed by atoms with Gasteiger partial charge in [-0.2, -0.15) is 0 Å². The Balaban J connectivity index is 1.96. The zero-order valence-corrected chi connectivity index (χ0v) is 17.8. The number of thiocarbonyl (C=S) groups is 1. The van der Waals surface area contributed by atoms with Gasteiger partial charge in [-0.05, 0) is 49.8 Å². The monoisotopic (exact) mass is 415 g/mol. The van der Waals surface area contributed by atoms with E-state index in [1.54, 1.807) is 25.2 Å². The molecule has 0 atom stereocenters. The number of aryl methyl sites for hydroxylation is 1. The summed E-state index contributed by atoms with van der Waals surface area (Å²) in [7, 11) is 3.13. The largest absolute Gasteiger partial charge is 0.493 e. The number of thioether (sulfide) groups is 1. The number of ether oxygens (including phenoxy) is 3. The maximum absolute atomic E-state index is 12.9. The van der Waals surface area contributed by atoms with Crippen molar-refractivity contribution < 1.29 is 19.0 Å². The lowest BCUT2D eigenvalue weighted by atomic mass is 10.1. The first-order chi connectivity index (χ1) is 13.5. The molecule has 1 aliphatic heterocycles. The SMILES string of the molecule is CCOc1c(OC)cc(/C=C2\SC(=S)N(c3ccc(C)cc3)C2=O)cc1OC. The Bertz CT molecular complexity index is 913. The molecule has 28 heavy (non-hydrogen) atoms. The molecule has 5 nitrogen and oxygen atoms in total. The van der Waals surface area contributed by atoms with E-state index >= 15 is 0 Å². The summed E-state index contributed by atoms with van der Waals surface area (Å²) < 4.78 is 17.0. The van der Waals surface area contributed by atoms with E-state index in [0.717, 1.165) is 16.8 Å². The molecule has 3 rings (SSSR count). The second-order valence-electron chi connectivity index (χ2n) is 6.04. The van der Waals surface area contributed by atoms with Crippen LogP contribution in [0.1, 0.15) is 18.1 Å². The van der Waals surface area contributed by atoms with Gasteiger partial charge in [0.15, 0.2) is 15.8 Å². The Morgan fingerprint density at radius 1 is 1.11 bits per heavy atom. The van der Waals surface area contributed by atoms with E-state index in [2.05, 4.69) is 0 Å². The number of nitrogens with zero attached hydrogens (tertiary/aromatic N) is 1. The van der Waals surface area contributed by atoms with Gasteiger partial charge in [-0.3, -0.25) is 9.69 Å². The van der Waals surface area contributed by atoms with Crippen molar-refractivity contribution in [1.82, 2.24) is 0 Å². The van der Waals surface area contributed by atoms with Gasteiger partial charge in [-0.1, -0.05) is 41.7 Å². The maximum atomic E-state index is 12.9. The zero-order valence-electron chi connectivity index (χ0n) is 16.1. The van der Waals surface area contributed by atoms with Crippen LogP contribution in [0.5, 0.6) is 17.2 Å². The lowest BCUT2D eigenvalue weighted by molar-refractivity contribution is -0.113. The molecular weight excluding hydrogens is 394 g/mol. The van der Waals surface area contributed by atoms with Crippen molar-refractivity contribution in [2.24, 2.45) is 0 Å². The van der Waals surface area contributed by atoms with Crippen LogP contribution >= 0.6 is 24.0 Å². The van der Waals surface area contributed by atoms with Gasteiger partial charge in [0.1, 0.15) is 0 Å². The van der Waals surface area contributed by atoms with Crippen molar-refractivity contribution >= 4 is 46.0 Å². The average molecular weight is 416 g/mol. The summed E-state index contributed by atoms with van der Waals surface area (Å²) in [5.41, 5.74) is 2.65. The molecule has 1 saturated heterocycles. The second-order valence-corrected chi connectivity index (χ2v) is 7.72. The van der Waals surface area contributed by atoms with E-state index in [4.69, 9.17) is 26.4 Å². The second kappa shape index (κ2) is 8.67. The summed E-state index contributed by atoms with van der Waals surface area (Å²) in [6.45, 7) is 4.38. The third-order valence-electron chi connectivity index (χ3n) is 4.16. The highest BCUT2D eigenvalue weighted by Crippen LogP contribution is 2.41. The molecular formula is C21H21NO4S2. The van der Waals surface area contributed by atoms with Crippen LogP contribution in [-0.4, -0.2) is 31.1 Å². The Morgan fingerprint density at radius 2 is 1.71 bits per heavy atom. The van der Waals surface area contributed by atoms with Gasteiger partial charge in [-0.25, -0.2) is 0 Å². The number of hydrogen-bond acceptors (Lipinski definition) is 6. The van der Waals surface area contributed by atoms with Crippen LogP contribution in [0.25, 0.3) is 6.08 Å². The van der Waals surface area contributed by atoms with E-state index in [0.29, 0.717) is 33.1 Å². The molecule has 0 radical (unpaired) electrons. The molecule has 0 aromatic heterocycles. The number of carbonyl (C=O) groups is 1. The number of methoxy groups -OCH3 is 2. The first-order valence-electron chi connectivity index (χ1n) is 8.72. The summed E-state index contributed by atoms with van der Waals surface area (Å²) in [4.78, 5) is 15.0. The lowest BCUT2D eigenvalue weighted by Crippen LogP contribution is -2.27. The number of benzene rings is 2. The minimum atomic E-state index is -0.148. The van der Waals surface area contributed by atoms with Gasteiger partial charge >= 0.3 is 0 Å². The minimum Gasteiger partial charge on any atom is -0.493 e. The van der Waals surface area contributed by atoms with E-state index in [1.807, 2.05) is 50.2 Å². The van der Waals surface area contributed by atoms with Crippen molar-refractivity contribution in [2.45, 2.75) is 13.8 Å². The third kappa shape index (κ3) is 4.00. The molecule has 0 bridgehead atoms. The van der Waals surface area contributed by atoms with Crippen molar-refractivity contribution in [3.63, 3.8) is 0 Å².